The number of benzene rings is 2. The second-order valence-corrected chi connectivity index (χ2v) is 5.56. The maximum Gasteiger partial charge on any atom is 0.277 e. The molecule has 0 bridgehead atoms. The zero-order valence-electron chi connectivity index (χ0n) is 13.7. The van der Waals surface area contributed by atoms with E-state index in [2.05, 4.69) is 15.5 Å². The highest BCUT2D eigenvalue weighted by atomic mass is 16.5. The Kier molecular flexibility index (Phi) is 4.61. The van der Waals surface area contributed by atoms with Gasteiger partial charge in [-0.15, -0.1) is 0 Å². The lowest BCUT2D eigenvalue weighted by Gasteiger charge is -2.07. The van der Waals surface area contributed by atoms with Crippen LogP contribution in [0.15, 0.2) is 59.7 Å². The molecule has 0 spiro atoms. The number of H-pyrrole nitrogens is 1. The van der Waals surface area contributed by atoms with Gasteiger partial charge in [0, 0.05) is 10.9 Å². The van der Waals surface area contributed by atoms with Crippen molar-refractivity contribution in [3.8, 4) is 5.75 Å². The summed E-state index contributed by atoms with van der Waals surface area (Å²) in [6.45, 7) is 3.70. The van der Waals surface area contributed by atoms with Crippen LogP contribution in [0, 0.1) is 6.92 Å². The number of amides is 1. The summed E-state index contributed by atoms with van der Waals surface area (Å²) in [6.07, 6.45) is 0. The average molecular weight is 321 g/mol. The van der Waals surface area contributed by atoms with Crippen LogP contribution in [0.1, 0.15) is 18.2 Å². The van der Waals surface area contributed by atoms with Gasteiger partial charge in [0.05, 0.1) is 11.4 Å². The molecule has 0 fully saturated rings. The fourth-order valence-corrected chi connectivity index (χ4v) is 2.37. The Bertz CT molecular complexity index is 863. The Morgan fingerprint density at radius 1 is 1.17 bits per heavy atom. The minimum Gasteiger partial charge on any atom is -0.483 e. The zero-order valence-corrected chi connectivity index (χ0v) is 13.7. The molecule has 0 aliphatic rings. The maximum absolute atomic E-state index is 11.9. The van der Waals surface area contributed by atoms with Crippen LogP contribution in [-0.4, -0.2) is 23.2 Å². The van der Waals surface area contributed by atoms with E-state index in [4.69, 9.17) is 4.74 Å². The van der Waals surface area contributed by atoms with E-state index in [0.717, 1.165) is 22.2 Å². The molecule has 0 saturated carbocycles. The Morgan fingerprint density at radius 2 is 1.92 bits per heavy atom. The number of aromatic nitrogens is 1. The summed E-state index contributed by atoms with van der Waals surface area (Å²) in [7, 11) is 0. The van der Waals surface area contributed by atoms with Crippen molar-refractivity contribution in [2.24, 2.45) is 5.10 Å². The summed E-state index contributed by atoms with van der Waals surface area (Å²) in [5.41, 5.74) is 6.12. The average Bonchev–Trinajstić information content (AvgIpc) is 3.03. The van der Waals surface area contributed by atoms with Gasteiger partial charge in [-0.1, -0.05) is 36.4 Å². The molecule has 3 aromatic rings. The van der Waals surface area contributed by atoms with Crippen molar-refractivity contribution >= 4 is 22.5 Å². The van der Waals surface area contributed by atoms with Crippen molar-refractivity contribution in [1.82, 2.24) is 10.4 Å². The van der Waals surface area contributed by atoms with Crippen LogP contribution in [0.5, 0.6) is 5.75 Å². The molecule has 0 atom stereocenters. The van der Waals surface area contributed by atoms with Gasteiger partial charge in [-0.2, -0.15) is 5.10 Å². The molecule has 5 nitrogen and oxygen atoms in total. The topological polar surface area (TPSA) is 66.5 Å². The Hall–Kier alpha value is -3.08. The van der Waals surface area contributed by atoms with E-state index in [9.17, 15) is 4.79 Å². The predicted molar refractivity (Wildman–Crippen MR) is 95.3 cm³/mol. The van der Waals surface area contributed by atoms with Crippen LogP contribution in [0.2, 0.25) is 0 Å². The lowest BCUT2D eigenvalue weighted by atomic mass is 10.2. The highest BCUT2D eigenvalue weighted by Crippen LogP contribution is 2.16. The van der Waals surface area contributed by atoms with E-state index in [-0.39, 0.29) is 12.5 Å². The summed E-state index contributed by atoms with van der Waals surface area (Å²) in [5, 5.41) is 5.24. The number of carbonyl (C=O) groups excluding carboxylic acids is 1. The van der Waals surface area contributed by atoms with Gasteiger partial charge in [-0.25, -0.2) is 5.43 Å². The SMILES string of the molecule is C/C(=N/NC(=O)COc1ccccc1C)c1cc2ccccc2[nH]1. The molecule has 2 N–H and O–H groups in total. The number of aromatic amines is 1. The second kappa shape index (κ2) is 7.00. The molecule has 1 amide bonds. The van der Waals surface area contributed by atoms with Crippen LogP contribution < -0.4 is 10.2 Å². The molecule has 24 heavy (non-hydrogen) atoms. The molecular formula is C19H19N3O2. The minimum atomic E-state index is -0.297. The van der Waals surface area contributed by atoms with E-state index < -0.39 is 0 Å². The molecule has 0 aliphatic heterocycles. The molecule has 0 saturated heterocycles. The van der Waals surface area contributed by atoms with Gasteiger partial charge >= 0.3 is 0 Å². The molecule has 1 heterocycles. The molecule has 0 aliphatic carbocycles. The number of rotatable bonds is 5. The van der Waals surface area contributed by atoms with Crippen LogP contribution >= 0.6 is 0 Å². The molecule has 0 unspecified atom stereocenters. The lowest BCUT2D eigenvalue weighted by Crippen LogP contribution is -2.25. The van der Waals surface area contributed by atoms with Crippen molar-refractivity contribution in [3.63, 3.8) is 0 Å². The number of hydrazone groups is 1. The predicted octanol–water partition coefficient (Wildman–Crippen LogP) is 3.40. The van der Waals surface area contributed by atoms with Gasteiger partial charge in [0.2, 0.25) is 0 Å². The summed E-state index contributed by atoms with van der Waals surface area (Å²) in [4.78, 5) is 15.2. The van der Waals surface area contributed by atoms with Crippen molar-refractivity contribution in [1.29, 1.82) is 0 Å². The standard InChI is InChI=1S/C19H19N3O2/c1-13-7-3-6-10-18(13)24-12-19(23)22-21-14(2)17-11-15-8-4-5-9-16(15)20-17/h3-11,20H,12H2,1-2H3,(H,22,23)/b21-14-. The van der Waals surface area contributed by atoms with Crippen molar-refractivity contribution in [3.05, 3.63) is 65.9 Å². The number of para-hydroxylation sites is 2. The van der Waals surface area contributed by atoms with Crippen molar-refractivity contribution < 1.29 is 9.53 Å². The zero-order chi connectivity index (χ0) is 16.9. The van der Waals surface area contributed by atoms with E-state index in [1.165, 1.54) is 0 Å². The highest BCUT2D eigenvalue weighted by Gasteiger charge is 2.06. The number of aryl methyl sites for hydroxylation is 1. The van der Waals surface area contributed by atoms with Crippen LogP contribution in [0.4, 0.5) is 0 Å². The molecule has 3 rings (SSSR count). The number of ether oxygens (including phenoxy) is 1. The number of carbonyl (C=O) groups is 1. The summed E-state index contributed by atoms with van der Waals surface area (Å²) in [6, 6.07) is 17.6. The van der Waals surface area contributed by atoms with Gasteiger partial charge in [-0.3, -0.25) is 4.79 Å². The monoisotopic (exact) mass is 321 g/mol. The number of hydrogen-bond acceptors (Lipinski definition) is 3. The Morgan fingerprint density at radius 3 is 2.71 bits per heavy atom. The van der Waals surface area contributed by atoms with Gasteiger partial charge in [0.1, 0.15) is 5.75 Å². The maximum atomic E-state index is 11.9. The fourth-order valence-electron chi connectivity index (χ4n) is 2.37. The summed E-state index contributed by atoms with van der Waals surface area (Å²) >= 11 is 0. The molecule has 5 heteroatoms. The quantitative estimate of drug-likeness (QED) is 0.559. The first-order valence-corrected chi connectivity index (χ1v) is 7.73. The molecule has 2 aromatic carbocycles. The van der Waals surface area contributed by atoms with Crippen LogP contribution in [0.25, 0.3) is 10.9 Å². The van der Waals surface area contributed by atoms with Gasteiger partial charge in [0.15, 0.2) is 6.61 Å². The third kappa shape index (κ3) is 3.63. The van der Waals surface area contributed by atoms with Gasteiger partial charge < -0.3 is 9.72 Å². The number of nitrogens with zero attached hydrogens (tertiary/aromatic N) is 1. The lowest BCUT2D eigenvalue weighted by molar-refractivity contribution is -0.123. The largest absolute Gasteiger partial charge is 0.483 e. The van der Waals surface area contributed by atoms with E-state index in [0.29, 0.717) is 11.5 Å². The minimum absolute atomic E-state index is 0.0751. The summed E-state index contributed by atoms with van der Waals surface area (Å²) in [5.74, 6) is 0.401. The number of hydrogen-bond donors (Lipinski definition) is 2. The first-order chi connectivity index (χ1) is 11.6. The third-order valence-electron chi connectivity index (χ3n) is 3.72. The van der Waals surface area contributed by atoms with E-state index in [1.54, 1.807) is 0 Å². The molecular weight excluding hydrogens is 302 g/mol. The fraction of sp³-hybridized carbons (Fsp3) is 0.158. The second-order valence-electron chi connectivity index (χ2n) is 5.56. The number of fused-ring (bicyclic) bond motifs is 1. The molecule has 1 aromatic heterocycles. The first kappa shape index (κ1) is 15.8. The van der Waals surface area contributed by atoms with Crippen LogP contribution in [0.3, 0.4) is 0 Å². The van der Waals surface area contributed by atoms with Crippen molar-refractivity contribution in [2.45, 2.75) is 13.8 Å². The molecule has 0 radical (unpaired) electrons. The third-order valence-corrected chi connectivity index (χ3v) is 3.72. The highest BCUT2D eigenvalue weighted by molar-refractivity contribution is 6.01. The van der Waals surface area contributed by atoms with E-state index >= 15 is 0 Å². The Labute approximate surface area is 140 Å². The Balaban J connectivity index is 1.60. The smallest absolute Gasteiger partial charge is 0.277 e. The van der Waals surface area contributed by atoms with Crippen molar-refractivity contribution in [2.75, 3.05) is 6.61 Å². The van der Waals surface area contributed by atoms with Gasteiger partial charge in [0.25, 0.3) is 5.91 Å². The van der Waals surface area contributed by atoms with Crippen LogP contribution in [-0.2, 0) is 4.79 Å². The van der Waals surface area contributed by atoms with Gasteiger partial charge in [-0.05, 0) is 37.6 Å². The first-order valence-electron chi connectivity index (χ1n) is 7.73. The van der Waals surface area contributed by atoms with E-state index in [1.807, 2.05) is 68.4 Å². The molecule has 122 valence electrons. The summed E-state index contributed by atoms with van der Waals surface area (Å²) < 4.78 is 5.50. The number of nitrogens with one attached hydrogen (secondary N) is 2. The normalized spacial score (nSPS) is 11.5.